The summed E-state index contributed by atoms with van der Waals surface area (Å²) in [6.45, 7) is 0.495. The van der Waals surface area contributed by atoms with Crippen molar-refractivity contribution < 1.29 is 23.8 Å². The first-order valence-corrected chi connectivity index (χ1v) is 8.21. The molecule has 9 heteroatoms. The fourth-order valence-corrected chi connectivity index (χ4v) is 2.78. The number of hydrogen-bond acceptors (Lipinski definition) is 5. The lowest BCUT2D eigenvalue weighted by Crippen LogP contribution is -2.57. The summed E-state index contributed by atoms with van der Waals surface area (Å²) in [5.74, 6) is -1.08. The number of aliphatic hydroxyl groups excluding tert-OH is 1. The minimum atomic E-state index is -0.726. The second-order valence-electron chi connectivity index (χ2n) is 5.82. The number of benzene rings is 1. The Hall–Kier alpha value is -2.94. The number of aliphatic hydroxyl groups is 1. The van der Waals surface area contributed by atoms with Gasteiger partial charge in [-0.25, -0.2) is 4.39 Å². The van der Waals surface area contributed by atoms with Crippen LogP contribution in [0.1, 0.15) is 22.6 Å². The van der Waals surface area contributed by atoms with Crippen molar-refractivity contribution in [2.75, 3.05) is 19.7 Å². The molecule has 0 bridgehead atoms. The quantitative estimate of drug-likeness (QED) is 0.692. The highest BCUT2D eigenvalue weighted by Crippen LogP contribution is 2.18. The van der Waals surface area contributed by atoms with Crippen molar-refractivity contribution in [2.24, 2.45) is 0 Å². The highest BCUT2D eigenvalue weighted by Gasteiger charge is 2.33. The van der Waals surface area contributed by atoms with Gasteiger partial charge in [-0.1, -0.05) is 12.1 Å². The molecule has 1 unspecified atom stereocenters. The molecule has 2 heterocycles. The van der Waals surface area contributed by atoms with Gasteiger partial charge in [-0.3, -0.25) is 14.7 Å². The number of carbonyl (C=O) groups excluding carboxylic acids is 2. The molecule has 26 heavy (non-hydrogen) atoms. The molecule has 0 saturated carbocycles. The number of carbonyl (C=O) groups is 2. The maximum absolute atomic E-state index is 13.6. The standard InChI is InChI=1S/C17H19FN4O4/c18-12-3-1-2-4-15(12)26-10-11-9-13(21-20-11)17(25)22-7-6-19-16(24)14(22)5-8-23/h1-4,9,14,23H,5-8,10H2,(H,19,24)(H,20,21). The predicted molar refractivity (Wildman–Crippen MR) is 88.9 cm³/mol. The van der Waals surface area contributed by atoms with Crippen LogP contribution in [-0.2, 0) is 11.4 Å². The van der Waals surface area contributed by atoms with Crippen molar-refractivity contribution in [2.45, 2.75) is 19.1 Å². The van der Waals surface area contributed by atoms with Crippen molar-refractivity contribution in [3.63, 3.8) is 0 Å². The fourth-order valence-electron chi connectivity index (χ4n) is 2.78. The highest BCUT2D eigenvalue weighted by atomic mass is 19.1. The van der Waals surface area contributed by atoms with Gasteiger partial charge < -0.3 is 20.1 Å². The predicted octanol–water partition coefficient (Wildman–Crippen LogP) is 0.451. The fraction of sp³-hybridized carbons (Fsp3) is 0.353. The Bertz CT molecular complexity index is 795. The number of aromatic nitrogens is 2. The Morgan fingerprint density at radius 1 is 1.42 bits per heavy atom. The van der Waals surface area contributed by atoms with Gasteiger partial charge in [0.2, 0.25) is 5.91 Å². The van der Waals surface area contributed by atoms with Gasteiger partial charge in [0.1, 0.15) is 12.6 Å². The first kappa shape index (κ1) is 17.9. The highest BCUT2D eigenvalue weighted by molar-refractivity contribution is 5.96. The number of amides is 2. The van der Waals surface area contributed by atoms with Gasteiger partial charge in [0.25, 0.3) is 5.91 Å². The van der Waals surface area contributed by atoms with Gasteiger partial charge in [-0.15, -0.1) is 0 Å². The number of H-pyrrole nitrogens is 1. The van der Waals surface area contributed by atoms with Crippen molar-refractivity contribution in [1.29, 1.82) is 0 Å². The molecule has 1 saturated heterocycles. The third kappa shape index (κ3) is 3.83. The maximum Gasteiger partial charge on any atom is 0.275 e. The molecular formula is C17H19FN4O4. The average Bonchev–Trinajstić information content (AvgIpc) is 3.11. The van der Waals surface area contributed by atoms with Crippen LogP contribution >= 0.6 is 0 Å². The third-order valence-corrected chi connectivity index (χ3v) is 4.06. The molecule has 1 aromatic heterocycles. The van der Waals surface area contributed by atoms with E-state index in [1.54, 1.807) is 12.1 Å². The molecule has 138 valence electrons. The number of halogens is 1. The Kier molecular flexibility index (Phi) is 5.47. The minimum Gasteiger partial charge on any atom is -0.484 e. The van der Waals surface area contributed by atoms with Gasteiger partial charge in [-0.05, 0) is 24.6 Å². The van der Waals surface area contributed by atoms with Crippen LogP contribution in [-0.4, -0.2) is 57.8 Å². The number of hydrogen-bond donors (Lipinski definition) is 3. The first-order chi connectivity index (χ1) is 12.6. The van der Waals surface area contributed by atoms with E-state index in [2.05, 4.69) is 15.5 Å². The molecule has 0 radical (unpaired) electrons. The molecule has 1 aliphatic rings. The largest absolute Gasteiger partial charge is 0.484 e. The topological polar surface area (TPSA) is 108 Å². The summed E-state index contributed by atoms with van der Waals surface area (Å²) in [6, 6.07) is 6.79. The number of rotatable bonds is 6. The van der Waals surface area contributed by atoms with Crippen LogP contribution in [0.5, 0.6) is 5.75 Å². The van der Waals surface area contributed by atoms with E-state index in [9.17, 15) is 14.0 Å². The van der Waals surface area contributed by atoms with Gasteiger partial charge >= 0.3 is 0 Å². The minimum absolute atomic E-state index is 0.0156. The smallest absolute Gasteiger partial charge is 0.275 e. The lowest BCUT2D eigenvalue weighted by molar-refractivity contribution is -0.128. The molecule has 0 spiro atoms. The summed E-state index contributed by atoms with van der Waals surface area (Å²) in [7, 11) is 0. The number of aromatic amines is 1. The summed E-state index contributed by atoms with van der Waals surface area (Å²) in [5, 5.41) is 18.4. The SMILES string of the molecule is O=C1NCCN(C(=O)c2cc(COc3ccccc3F)[nH]n2)C1CCO. The Balaban J connectivity index is 1.67. The van der Waals surface area contributed by atoms with Crippen molar-refractivity contribution in [3.8, 4) is 5.75 Å². The molecule has 2 aromatic rings. The normalized spacial score (nSPS) is 17.1. The van der Waals surface area contributed by atoms with Gasteiger partial charge in [0.05, 0.1) is 5.69 Å². The molecule has 3 N–H and O–H groups in total. The summed E-state index contributed by atoms with van der Waals surface area (Å²) < 4.78 is 18.9. The molecule has 0 aliphatic carbocycles. The molecule has 1 atom stereocenters. The number of nitrogens with one attached hydrogen (secondary N) is 2. The van der Waals surface area contributed by atoms with Crippen LogP contribution in [0, 0.1) is 5.82 Å². The van der Waals surface area contributed by atoms with Crippen LogP contribution in [0.15, 0.2) is 30.3 Å². The second kappa shape index (κ2) is 7.96. The van der Waals surface area contributed by atoms with Gasteiger partial charge in [0, 0.05) is 19.7 Å². The van der Waals surface area contributed by atoms with Crippen molar-refractivity contribution in [1.82, 2.24) is 20.4 Å². The van der Waals surface area contributed by atoms with Gasteiger partial charge in [0.15, 0.2) is 17.3 Å². The number of ether oxygens (including phenoxy) is 1. The Morgan fingerprint density at radius 2 is 2.23 bits per heavy atom. The van der Waals surface area contributed by atoms with E-state index in [0.717, 1.165) is 0 Å². The van der Waals surface area contributed by atoms with E-state index in [4.69, 9.17) is 9.84 Å². The Labute approximate surface area is 149 Å². The van der Waals surface area contributed by atoms with E-state index in [0.29, 0.717) is 18.8 Å². The van der Waals surface area contributed by atoms with Crippen molar-refractivity contribution >= 4 is 11.8 Å². The molecule has 1 fully saturated rings. The molecule has 1 aliphatic heterocycles. The summed E-state index contributed by atoms with van der Waals surface area (Å²) >= 11 is 0. The van der Waals surface area contributed by atoms with Crippen LogP contribution in [0.3, 0.4) is 0 Å². The Morgan fingerprint density at radius 3 is 3.00 bits per heavy atom. The van der Waals surface area contributed by atoms with E-state index in [1.165, 1.54) is 23.1 Å². The molecule has 1 aromatic carbocycles. The van der Waals surface area contributed by atoms with Gasteiger partial charge in [-0.2, -0.15) is 5.10 Å². The van der Waals surface area contributed by atoms with E-state index in [-0.39, 0.29) is 37.0 Å². The molecule has 2 amide bonds. The molecular weight excluding hydrogens is 343 g/mol. The zero-order chi connectivity index (χ0) is 18.5. The van der Waals surface area contributed by atoms with E-state index >= 15 is 0 Å². The molecule has 3 rings (SSSR count). The van der Waals surface area contributed by atoms with Crippen molar-refractivity contribution in [3.05, 3.63) is 47.5 Å². The third-order valence-electron chi connectivity index (χ3n) is 4.06. The maximum atomic E-state index is 13.6. The number of nitrogens with zero attached hydrogens (tertiary/aromatic N) is 2. The lowest BCUT2D eigenvalue weighted by atomic mass is 10.1. The second-order valence-corrected chi connectivity index (χ2v) is 5.82. The van der Waals surface area contributed by atoms with Crippen LogP contribution in [0.4, 0.5) is 4.39 Å². The molecule has 8 nitrogen and oxygen atoms in total. The number of piperazine rings is 1. The number of para-hydroxylation sites is 1. The van der Waals surface area contributed by atoms with E-state index < -0.39 is 17.8 Å². The van der Waals surface area contributed by atoms with Crippen LogP contribution in [0.2, 0.25) is 0 Å². The lowest BCUT2D eigenvalue weighted by Gasteiger charge is -2.34. The average molecular weight is 362 g/mol. The van der Waals surface area contributed by atoms with Crippen LogP contribution < -0.4 is 10.1 Å². The van der Waals surface area contributed by atoms with Crippen LogP contribution in [0.25, 0.3) is 0 Å². The zero-order valence-corrected chi connectivity index (χ0v) is 13.9. The summed E-state index contributed by atoms with van der Waals surface area (Å²) in [6.07, 6.45) is 0.158. The van der Waals surface area contributed by atoms with E-state index in [1.807, 2.05) is 0 Å². The summed E-state index contributed by atoms with van der Waals surface area (Å²) in [4.78, 5) is 26.0. The summed E-state index contributed by atoms with van der Waals surface area (Å²) in [5.41, 5.74) is 0.631. The zero-order valence-electron chi connectivity index (χ0n) is 13.9. The first-order valence-electron chi connectivity index (χ1n) is 8.21. The monoisotopic (exact) mass is 362 g/mol.